The maximum atomic E-state index is 13.1. The fourth-order valence-electron chi connectivity index (χ4n) is 3.62. The van der Waals surface area contributed by atoms with E-state index in [-0.39, 0.29) is 11.3 Å². The number of fused-ring (bicyclic) bond motifs is 1. The molecule has 0 saturated heterocycles. The van der Waals surface area contributed by atoms with Crippen LogP contribution in [0.5, 0.6) is 0 Å². The minimum absolute atomic E-state index is 0.0807. The van der Waals surface area contributed by atoms with Crippen molar-refractivity contribution in [2.24, 2.45) is 0 Å². The number of anilines is 1. The molecule has 1 N–H and O–H groups in total. The van der Waals surface area contributed by atoms with Crippen LogP contribution in [0, 0.1) is 13.8 Å². The van der Waals surface area contributed by atoms with E-state index < -0.39 is 0 Å². The fourth-order valence-corrected chi connectivity index (χ4v) is 3.62. The van der Waals surface area contributed by atoms with E-state index in [1.807, 2.05) is 41.9 Å². The van der Waals surface area contributed by atoms with Crippen LogP contribution in [0.2, 0.25) is 0 Å². The Kier molecular flexibility index (Phi) is 4.90. The summed E-state index contributed by atoms with van der Waals surface area (Å²) in [5.41, 5.74) is 6.56. The number of nitrogens with zero attached hydrogens (tertiary/aromatic N) is 3. The van der Waals surface area contributed by atoms with Gasteiger partial charge in [0.25, 0.3) is 5.91 Å². The minimum atomic E-state index is -0.153. The summed E-state index contributed by atoms with van der Waals surface area (Å²) >= 11 is 0. The topological polar surface area (TPSA) is 59.3 Å². The molecule has 0 atom stereocenters. The van der Waals surface area contributed by atoms with E-state index in [0.717, 1.165) is 22.4 Å². The Balaban J connectivity index is 1.66. The molecule has 0 unspecified atom stereocenters. The Morgan fingerprint density at radius 1 is 0.967 bits per heavy atom. The summed E-state index contributed by atoms with van der Waals surface area (Å²) < 4.78 is 1.94. The zero-order chi connectivity index (χ0) is 21.5. The van der Waals surface area contributed by atoms with Crippen molar-refractivity contribution in [2.75, 3.05) is 5.32 Å². The third-order valence-corrected chi connectivity index (χ3v) is 5.33. The van der Waals surface area contributed by atoms with Gasteiger partial charge >= 0.3 is 0 Å². The Hall–Kier alpha value is -3.47. The van der Waals surface area contributed by atoms with Crippen LogP contribution in [0.4, 0.5) is 5.69 Å². The van der Waals surface area contributed by atoms with Gasteiger partial charge < -0.3 is 5.32 Å². The second-order valence-electron chi connectivity index (χ2n) is 8.70. The van der Waals surface area contributed by atoms with Crippen LogP contribution in [0.25, 0.3) is 16.9 Å². The lowest BCUT2D eigenvalue weighted by Crippen LogP contribution is -2.16. The molecule has 1 amide bonds. The van der Waals surface area contributed by atoms with Gasteiger partial charge in [0.1, 0.15) is 0 Å². The van der Waals surface area contributed by atoms with E-state index in [9.17, 15) is 4.79 Å². The largest absolute Gasteiger partial charge is 0.319 e. The number of imidazole rings is 1. The van der Waals surface area contributed by atoms with Crippen molar-refractivity contribution in [1.82, 2.24) is 14.4 Å². The molecule has 4 rings (SSSR count). The molecule has 2 aromatic carbocycles. The van der Waals surface area contributed by atoms with Crippen molar-refractivity contribution in [3.05, 3.63) is 83.4 Å². The van der Waals surface area contributed by atoms with Crippen LogP contribution in [0.1, 0.15) is 48.0 Å². The molecule has 5 nitrogen and oxygen atoms in total. The molecule has 0 bridgehead atoms. The summed E-state index contributed by atoms with van der Waals surface area (Å²) in [7, 11) is 0. The van der Waals surface area contributed by atoms with Crippen LogP contribution in [0.15, 0.2) is 61.1 Å². The van der Waals surface area contributed by atoms with Gasteiger partial charge in [0.2, 0.25) is 5.78 Å². The Morgan fingerprint density at radius 3 is 2.37 bits per heavy atom. The van der Waals surface area contributed by atoms with Crippen molar-refractivity contribution in [3.8, 4) is 11.1 Å². The third kappa shape index (κ3) is 3.71. The van der Waals surface area contributed by atoms with Crippen molar-refractivity contribution < 1.29 is 4.79 Å². The molecule has 2 aromatic heterocycles. The predicted octanol–water partition coefficient (Wildman–Crippen LogP) is 5.56. The molecule has 0 spiro atoms. The third-order valence-electron chi connectivity index (χ3n) is 5.33. The zero-order valence-corrected chi connectivity index (χ0v) is 18.0. The van der Waals surface area contributed by atoms with E-state index in [1.165, 1.54) is 5.56 Å². The van der Waals surface area contributed by atoms with Gasteiger partial charge in [0, 0.05) is 22.9 Å². The standard InChI is InChI=1S/C25H26N4O/c1-16-9-11-18(12-10-16)20-7-6-8-21(17(20)2)23(30)28-19-13-26-24-27-14-22(25(3,4)5)29(24)15-19/h6-15H,1-5H3,(H,28,30). The Bertz CT molecular complexity index is 1230. The predicted molar refractivity (Wildman–Crippen MR) is 121 cm³/mol. The van der Waals surface area contributed by atoms with Crippen LogP contribution in [-0.2, 0) is 5.41 Å². The first-order valence-corrected chi connectivity index (χ1v) is 10.1. The number of nitrogens with one attached hydrogen (secondary N) is 1. The minimum Gasteiger partial charge on any atom is -0.319 e. The summed E-state index contributed by atoms with van der Waals surface area (Å²) in [6, 6.07) is 14.2. The Labute approximate surface area is 176 Å². The lowest BCUT2D eigenvalue weighted by atomic mass is 9.93. The van der Waals surface area contributed by atoms with Crippen LogP contribution in [0.3, 0.4) is 0 Å². The van der Waals surface area contributed by atoms with Gasteiger partial charge in [-0.05, 0) is 36.6 Å². The first kappa shape index (κ1) is 19.8. The number of hydrogen-bond donors (Lipinski definition) is 1. The lowest BCUT2D eigenvalue weighted by molar-refractivity contribution is 0.102. The summed E-state index contributed by atoms with van der Waals surface area (Å²) in [5.74, 6) is 0.468. The second kappa shape index (κ2) is 7.41. The molecule has 0 radical (unpaired) electrons. The summed E-state index contributed by atoms with van der Waals surface area (Å²) in [4.78, 5) is 21.8. The molecule has 0 aliphatic carbocycles. The van der Waals surface area contributed by atoms with E-state index in [1.54, 1.807) is 6.20 Å². The highest BCUT2D eigenvalue weighted by atomic mass is 16.1. The molecular weight excluding hydrogens is 372 g/mol. The number of rotatable bonds is 3. The smallest absolute Gasteiger partial charge is 0.256 e. The molecule has 0 aliphatic rings. The number of carbonyl (C=O) groups excluding carboxylic acids is 1. The van der Waals surface area contributed by atoms with Crippen LogP contribution >= 0.6 is 0 Å². The number of benzene rings is 2. The number of hydrogen-bond acceptors (Lipinski definition) is 3. The SMILES string of the molecule is Cc1ccc(-c2cccc(C(=O)Nc3cnc4ncc(C(C)(C)C)n4c3)c2C)cc1. The van der Waals surface area contributed by atoms with E-state index in [2.05, 4.69) is 67.2 Å². The number of aryl methyl sites for hydroxylation is 1. The van der Waals surface area contributed by atoms with Gasteiger partial charge in [0.05, 0.1) is 18.1 Å². The average Bonchev–Trinajstić information content (AvgIpc) is 3.12. The second-order valence-corrected chi connectivity index (χ2v) is 8.70. The van der Waals surface area contributed by atoms with Crippen molar-refractivity contribution in [2.45, 2.75) is 40.0 Å². The van der Waals surface area contributed by atoms with Gasteiger partial charge in [-0.2, -0.15) is 0 Å². The highest BCUT2D eigenvalue weighted by Gasteiger charge is 2.20. The molecule has 30 heavy (non-hydrogen) atoms. The summed E-state index contributed by atoms with van der Waals surface area (Å²) in [5, 5.41) is 3.00. The zero-order valence-electron chi connectivity index (χ0n) is 18.0. The Morgan fingerprint density at radius 2 is 1.67 bits per heavy atom. The van der Waals surface area contributed by atoms with E-state index in [4.69, 9.17) is 0 Å². The molecule has 5 heteroatoms. The van der Waals surface area contributed by atoms with Gasteiger partial charge in [-0.15, -0.1) is 0 Å². The first-order chi connectivity index (χ1) is 14.2. The molecule has 152 valence electrons. The quantitative estimate of drug-likeness (QED) is 0.491. The number of aromatic nitrogens is 3. The van der Waals surface area contributed by atoms with Crippen molar-refractivity contribution in [1.29, 1.82) is 0 Å². The highest BCUT2D eigenvalue weighted by molar-refractivity contribution is 6.06. The molecule has 0 saturated carbocycles. The molecule has 4 aromatic rings. The maximum Gasteiger partial charge on any atom is 0.256 e. The monoisotopic (exact) mass is 398 g/mol. The van der Waals surface area contributed by atoms with Crippen molar-refractivity contribution >= 4 is 17.4 Å². The number of carbonyl (C=O) groups is 1. The summed E-state index contributed by atoms with van der Waals surface area (Å²) in [6.07, 6.45) is 5.36. The number of amides is 1. The van der Waals surface area contributed by atoms with Crippen LogP contribution < -0.4 is 5.32 Å². The maximum absolute atomic E-state index is 13.1. The van der Waals surface area contributed by atoms with Gasteiger partial charge in [-0.3, -0.25) is 9.20 Å². The molecular formula is C25H26N4O. The fraction of sp³-hybridized carbons (Fsp3) is 0.240. The van der Waals surface area contributed by atoms with Gasteiger partial charge in [-0.25, -0.2) is 9.97 Å². The van der Waals surface area contributed by atoms with Crippen LogP contribution in [-0.4, -0.2) is 20.3 Å². The first-order valence-electron chi connectivity index (χ1n) is 10.1. The lowest BCUT2D eigenvalue weighted by Gasteiger charge is -2.18. The highest BCUT2D eigenvalue weighted by Crippen LogP contribution is 2.27. The molecule has 0 fully saturated rings. The summed E-state index contributed by atoms with van der Waals surface area (Å²) in [6.45, 7) is 10.4. The van der Waals surface area contributed by atoms with Gasteiger partial charge in [0.15, 0.2) is 0 Å². The average molecular weight is 399 g/mol. The van der Waals surface area contributed by atoms with Crippen molar-refractivity contribution in [3.63, 3.8) is 0 Å². The van der Waals surface area contributed by atoms with Gasteiger partial charge in [-0.1, -0.05) is 62.7 Å². The van der Waals surface area contributed by atoms with E-state index in [0.29, 0.717) is 17.0 Å². The normalized spacial score (nSPS) is 11.6. The molecule has 0 aliphatic heterocycles. The molecule has 2 heterocycles. The van der Waals surface area contributed by atoms with E-state index >= 15 is 0 Å².